The van der Waals surface area contributed by atoms with Gasteiger partial charge >= 0.3 is 11.9 Å². The van der Waals surface area contributed by atoms with E-state index in [0.29, 0.717) is 42.1 Å². The Morgan fingerprint density at radius 1 is 1.06 bits per heavy atom. The average molecular weight is 498 g/mol. The molecule has 1 saturated carbocycles. The topological polar surface area (TPSA) is 64.3 Å². The third-order valence-electron chi connectivity index (χ3n) is 7.41. The van der Waals surface area contributed by atoms with E-state index in [9.17, 15) is 27.6 Å². The smallest absolute Gasteiger partial charge is 0.302 e. The molecule has 1 aromatic heterocycles. The summed E-state index contributed by atoms with van der Waals surface area (Å²) in [6.45, 7) is 4.03. The Balaban J connectivity index is 1.27. The highest BCUT2D eigenvalue weighted by Crippen LogP contribution is 2.59. The molecule has 1 aliphatic heterocycles. The summed E-state index contributed by atoms with van der Waals surface area (Å²) in [6.07, 6.45) is -1.40. The maximum atomic E-state index is 13.2. The Morgan fingerprint density at radius 2 is 1.81 bits per heavy atom. The van der Waals surface area contributed by atoms with E-state index >= 15 is 0 Å². The molecule has 0 N–H and O–H groups in total. The monoisotopic (exact) mass is 497 g/mol. The number of hydrogen-bond donors (Lipinski definition) is 0. The van der Waals surface area contributed by atoms with Crippen molar-refractivity contribution in [2.45, 2.75) is 37.9 Å². The molecular weight excluding hydrogens is 471 g/mol. The summed E-state index contributed by atoms with van der Waals surface area (Å²) in [5.41, 5.74) is -0.868. The summed E-state index contributed by atoms with van der Waals surface area (Å²) in [6, 6.07) is 13.8. The van der Waals surface area contributed by atoms with Crippen molar-refractivity contribution in [3.05, 3.63) is 104 Å². The van der Waals surface area contributed by atoms with Crippen LogP contribution in [0.5, 0.6) is 0 Å². The number of alkyl halides is 3. The van der Waals surface area contributed by atoms with Gasteiger partial charge in [-0.1, -0.05) is 36.4 Å². The van der Waals surface area contributed by atoms with Crippen LogP contribution in [0.4, 0.5) is 13.2 Å². The maximum absolute atomic E-state index is 13.2. The van der Waals surface area contributed by atoms with Crippen molar-refractivity contribution >= 4 is 5.91 Å². The Morgan fingerprint density at radius 3 is 2.53 bits per heavy atom. The van der Waals surface area contributed by atoms with Crippen molar-refractivity contribution in [2.75, 3.05) is 19.6 Å². The second kappa shape index (κ2) is 8.89. The van der Waals surface area contributed by atoms with Crippen molar-refractivity contribution in [3.8, 4) is 0 Å². The predicted octanol–water partition coefficient (Wildman–Crippen LogP) is 3.69. The number of aromatic nitrogens is 2. The fourth-order valence-corrected chi connectivity index (χ4v) is 5.46. The van der Waals surface area contributed by atoms with Gasteiger partial charge in [0, 0.05) is 42.4 Å². The summed E-state index contributed by atoms with van der Waals surface area (Å²) in [5, 5.41) is 0. The SMILES string of the molecule is Cc1cn(CCCN2C[C@H]3C[C@@]3(c3cccc(C(F)(F)F)c3)C2)c(=O)n(C(=O)c2ccccc2)c1=O. The van der Waals surface area contributed by atoms with Crippen LogP contribution in [0.3, 0.4) is 0 Å². The van der Waals surface area contributed by atoms with Gasteiger partial charge in [-0.2, -0.15) is 17.7 Å². The number of fused-ring (bicyclic) bond motifs is 1. The van der Waals surface area contributed by atoms with Gasteiger partial charge in [0.25, 0.3) is 11.5 Å². The molecule has 36 heavy (non-hydrogen) atoms. The van der Waals surface area contributed by atoms with E-state index in [1.165, 1.54) is 22.9 Å². The van der Waals surface area contributed by atoms with Gasteiger partial charge < -0.3 is 4.90 Å². The molecule has 0 bridgehead atoms. The quantitative estimate of drug-likeness (QED) is 0.521. The third-order valence-corrected chi connectivity index (χ3v) is 7.41. The van der Waals surface area contributed by atoms with E-state index in [0.717, 1.165) is 24.6 Å². The number of carbonyl (C=O) groups is 1. The number of benzene rings is 2. The fraction of sp³-hybridized carbons (Fsp3) is 0.370. The van der Waals surface area contributed by atoms with Gasteiger partial charge in [-0.25, -0.2) is 4.79 Å². The first-order valence-electron chi connectivity index (χ1n) is 11.9. The zero-order valence-electron chi connectivity index (χ0n) is 19.8. The summed E-state index contributed by atoms with van der Waals surface area (Å²) in [5.74, 6) is -0.331. The number of carbonyl (C=O) groups excluding carboxylic acids is 1. The lowest BCUT2D eigenvalue weighted by Crippen LogP contribution is -2.44. The normalized spacial score (nSPS) is 21.4. The molecule has 6 nitrogen and oxygen atoms in total. The van der Waals surface area contributed by atoms with Gasteiger partial charge in [0.1, 0.15) is 0 Å². The van der Waals surface area contributed by atoms with E-state index in [4.69, 9.17) is 0 Å². The van der Waals surface area contributed by atoms with Crippen LogP contribution in [0, 0.1) is 12.8 Å². The van der Waals surface area contributed by atoms with Gasteiger partial charge in [-0.05, 0) is 56.0 Å². The minimum absolute atomic E-state index is 0.232. The molecule has 0 amide bonds. The highest BCUT2D eigenvalue weighted by molar-refractivity contribution is 5.95. The van der Waals surface area contributed by atoms with Crippen molar-refractivity contribution in [2.24, 2.45) is 5.92 Å². The zero-order valence-corrected chi connectivity index (χ0v) is 19.8. The first-order valence-corrected chi connectivity index (χ1v) is 11.9. The van der Waals surface area contributed by atoms with E-state index in [1.54, 1.807) is 43.3 Å². The van der Waals surface area contributed by atoms with Crippen molar-refractivity contribution in [3.63, 3.8) is 0 Å². The minimum atomic E-state index is -4.36. The summed E-state index contributed by atoms with van der Waals surface area (Å²) in [4.78, 5) is 40.6. The summed E-state index contributed by atoms with van der Waals surface area (Å²) in [7, 11) is 0. The molecule has 0 spiro atoms. The molecule has 1 saturated heterocycles. The number of hydrogen-bond acceptors (Lipinski definition) is 4. The van der Waals surface area contributed by atoms with E-state index in [2.05, 4.69) is 4.90 Å². The standard InChI is InChI=1S/C27H26F3N3O3/c1-18-15-32(25(36)33(23(18)34)24(35)19-7-3-2-4-8-19)12-6-11-31-16-22-14-26(22,17-31)20-9-5-10-21(13-20)27(28,29)30/h2-5,7-10,13,15,22H,6,11-12,14,16-17H2,1H3/t22-,26+/m1/s1. The van der Waals surface area contributed by atoms with E-state index in [-0.39, 0.29) is 11.0 Å². The first-order chi connectivity index (χ1) is 17.1. The molecule has 0 radical (unpaired) electrons. The van der Waals surface area contributed by atoms with E-state index < -0.39 is 28.9 Å². The van der Waals surface area contributed by atoms with Crippen LogP contribution in [-0.2, 0) is 18.1 Å². The van der Waals surface area contributed by atoms with Crippen LogP contribution in [0.1, 0.15) is 39.9 Å². The van der Waals surface area contributed by atoms with Crippen molar-refractivity contribution in [1.82, 2.24) is 14.0 Å². The Kier molecular flexibility index (Phi) is 5.98. The maximum Gasteiger partial charge on any atom is 0.416 e. The second-order valence-electron chi connectivity index (χ2n) is 9.82. The lowest BCUT2D eigenvalue weighted by Gasteiger charge is -2.22. The third kappa shape index (κ3) is 4.32. The van der Waals surface area contributed by atoms with Gasteiger partial charge in [-0.15, -0.1) is 0 Å². The van der Waals surface area contributed by atoms with Gasteiger partial charge in [0.2, 0.25) is 0 Å². The number of piperidine rings is 1. The number of rotatable bonds is 6. The van der Waals surface area contributed by atoms with Gasteiger partial charge in [-0.3, -0.25) is 14.2 Å². The lowest BCUT2D eigenvalue weighted by molar-refractivity contribution is -0.137. The molecule has 2 fully saturated rings. The van der Waals surface area contributed by atoms with E-state index in [1.807, 2.05) is 0 Å². The zero-order chi connectivity index (χ0) is 25.7. The fourth-order valence-electron chi connectivity index (χ4n) is 5.46. The minimum Gasteiger partial charge on any atom is -0.302 e. The van der Waals surface area contributed by atoms with Crippen molar-refractivity contribution in [1.29, 1.82) is 0 Å². The average Bonchev–Trinajstić information content (AvgIpc) is 3.43. The van der Waals surface area contributed by atoms with Crippen LogP contribution >= 0.6 is 0 Å². The van der Waals surface area contributed by atoms with Crippen LogP contribution in [0.15, 0.2) is 70.4 Å². The Bertz CT molecular complexity index is 1430. The number of likely N-dealkylation sites (tertiary alicyclic amines) is 1. The largest absolute Gasteiger partial charge is 0.416 e. The van der Waals surface area contributed by atoms with Crippen LogP contribution in [0.2, 0.25) is 0 Å². The van der Waals surface area contributed by atoms with Crippen LogP contribution in [0.25, 0.3) is 0 Å². The Hall–Kier alpha value is -3.46. The molecule has 3 aromatic rings. The molecule has 2 aliphatic rings. The summed E-state index contributed by atoms with van der Waals surface area (Å²) >= 11 is 0. The van der Waals surface area contributed by atoms with Gasteiger partial charge in [0.15, 0.2) is 0 Å². The number of halogens is 3. The summed E-state index contributed by atoms with van der Waals surface area (Å²) < 4.78 is 41.6. The molecule has 5 rings (SSSR count). The molecule has 0 unspecified atom stereocenters. The lowest BCUT2D eigenvalue weighted by atomic mass is 9.93. The highest BCUT2D eigenvalue weighted by atomic mass is 19.4. The van der Waals surface area contributed by atoms with Crippen LogP contribution < -0.4 is 11.2 Å². The number of nitrogens with zero attached hydrogens (tertiary/aromatic N) is 3. The molecule has 2 atom stereocenters. The molecule has 2 heterocycles. The van der Waals surface area contributed by atoms with Crippen molar-refractivity contribution < 1.29 is 18.0 Å². The van der Waals surface area contributed by atoms with Crippen LogP contribution in [-0.4, -0.2) is 39.6 Å². The highest BCUT2D eigenvalue weighted by Gasteiger charge is 2.60. The number of aryl methyl sites for hydroxylation is 2. The van der Waals surface area contributed by atoms with Gasteiger partial charge in [0.05, 0.1) is 5.56 Å². The second-order valence-corrected chi connectivity index (χ2v) is 9.82. The Labute approximate surface area is 205 Å². The molecule has 2 aromatic carbocycles. The first kappa shape index (κ1) is 24.2. The molecule has 9 heteroatoms. The predicted molar refractivity (Wildman–Crippen MR) is 128 cm³/mol. The molecule has 1 aliphatic carbocycles. The molecule has 188 valence electrons. The molecular formula is C27H26F3N3O3.